The molecule has 5 nitrogen and oxygen atoms in total. The monoisotopic (exact) mass is 1430 g/mol. The van der Waals surface area contributed by atoms with Crippen LogP contribution < -0.4 is 26.2 Å². The molecule has 0 saturated carbocycles. The van der Waals surface area contributed by atoms with Gasteiger partial charge in [0.05, 0.1) is 44.4 Å². The summed E-state index contributed by atoms with van der Waals surface area (Å²) in [4.78, 5) is 4.98. The molecule has 0 saturated heterocycles. The molecule has 0 N–H and O–H groups in total. The molecule has 17 aromatic rings. The van der Waals surface area contributed by atoms with Gasteiger partial charge >= 0.3 is 0 Å². The minimum atomic E-state index is -0.509. The summed E-state index contributed by atoms with van der Waals surface area (Å²) < 4.78 is 86.0. The predicted octanol–water partition coefficient (Wildman–Crippen LogP) is 27.0. The van der Waals surface area contributed by atoms with Gasteiger partial charge in [-0.15, -0.1) is 0 Å². The molecule has 5 heterocycles. The van der Waals surface area contributed by atoms with Crippen LogP contribution in [0.4, 0.5) is 34.1 Å². The molecule has 0 unspecified atom stereocenters. The van der Waals surface area contributed by atoms with E-state index in [2.05, 4.69) is 343 Å². The number of fused-ring (bicyclic) bond motifs is 13. The first kappa shape index (κ1) is 60.1. The molecule has 0 amide bonds. The summed E-state index contributed by atoms with van der Waals surface area (Å²) in [5.74, 6) is 0. The van der Waals surface area contributed by atoms with Gasteiger partial charge in [0.2, 0.25) is 0 Å². The van der Waals surface area contributed by atoms with Crippen molar-refractivity contribution in [2.24, 2.45) is 0 Å². The molecule has 0 spiro atoms. The molecule has 2 aliphatic rings. The van der Waals surface area contributed by atoms with Crippen molar-refractivity contribution in [3.05, 3.63) is 319 Å². The molecule has 0 radical (unpaired) electrons. The van der Waals surface area contributed by atoms with Crippen molar-refractivity contribution in [1.29, 1.82) is 0 Å². The number of hydrogen-bond donors (Lipinski definition) is 0. The maximum Gasteiger partial charge on any atom is 0.252 e. The average Bonchev–Trinajstić information content (AvgIpc) is 1.37. The Hall–Kier alpha value is -11.9. The first-order valence-corrected chi connectivity index (χ1v) is 38.7. The summed E-state index contributed by atoms with van der Waals surface area (Å²) in [6.07, 6.45) is 0. The molecule has 19 rings (SSSR count). The fourth-order valence-corrected chi connectivity index (χ4v) is 17.2. The zero-order valence-electron chi connectivity index (χ0n) is 73.4. The van der Waals surface area contributed by atoms with Gasteiger partial charge in [-0.1, -0.05) is 298 Å². The maximum absolute atomic E-state index is 9.65. The van der Waals surface area contributed by atoms with E-state index in [1.54, 1.807) is 4.57 Å². The summed E-state index contributed by atoms with van der Waals surface area (Å²) in [5, 5.41) is 3.84. The normalized spacial score (nSPS) is 14.4. The summed E-state index contributed by atoms with van der Waals surface area (Å²) >= 11 is 0. The van der Waals surface area contributed by atoms with Crippen molar-refractivity contribution in [2.45, 2.75) is 131 Å². The van der Waals surface area contributed by atoms with Crippen LogP contribution >= 0.6 is 0 Å². The van der Waals surface area contributed by atoms with E-state index in [4.69, 9.17) is 9.90 Å². The molecule has 0 aliphatic carbocycles. The molecular weight excluding hydrogens is 1330 g/mol. The van der Waals surface area contributed by atoms with E-state index in [1.807, 2.05) is 18.2 Å². The highest BCUT2D eigenvalue weighted by Gasteiger charge is 2.45. The van der Waals surface area contributed by atoms with E-state index in [0.717, 1.165) is 117 Å². The number of para-hydroxylation sites is 4. The van der Waals surface area contributed by atoms with Gasteiger partial charge < -0.3 is 23.4 Å². The molecule has 3 aromatic heterocycles. The van der Waals surface area contributed by atoms with Crippen LogP contribution in [0, 0.1) is 0 Å². The van der Waals surface area contributed by atoms with E-state index in [0.29, 0.717) is 22.2 Å². The number of benzene rings is 14. The van der Waals surface area contributed by atoms with Crippen LogP contribution in [0.3, 0.4) is 0 Å². The highest BCUT2D eigenvalue weighted by Crippen LogP contribution is 2.52. The summed E-state index contributed by atoms with van der Waals surface area (Å²) in [5.41, 5.74) is 27.3. The number of anilines is 6. The lowest BCUT2D eigenvalue weighted by Crippen LogP contribution is -2.61. The molecule has 14 aromatic carbocycles. The number of aromatic nitrogens is 2. The van der Waals surface area contributed by atoms with Crippen molar-refractivity contribution in [1.82, 2.24) is 9.13 Å². The first-order chi connectivity index (χ1) is 56.0. The third-order valence-corrected chi connectivity index (χ3v) is 23.3. The fourth-order valence-electron chi connectivity index (χ4n) is 17.2. The van der Waals surface area contributed by atoms with Gasteiger partial charge in [0, 0.05) is 66.4 Å². The third-order valence-electron chi connectivity index (χ3n) is 23.3. The lowest BCUT2D eigenvalue weighted by molar-refractivity contribution is 0.569. The maximum atomic E-state index is 9.65. The minimum absolute atomic E-state index is 0.00965. The largest absolute Gasteiger partial charge is 0.452 e. The van der Waals surface area contributed by atoms with E-state index in [1.165, 1.54) is 38.6 Å². The number of hydrogen-bond acceptors (Lipinski definition) is 3. The Morgan fingerprint density at radius 2 is 0.700 bits per heavy atom. The molecule has 0 fully saturated rings. The van der Waals surface area contributed by atoms with Crippen LogP contribution in [0.5, 0.6) is 0 Å². The minimum Gasteiger partial charge on any atom is -0.452 e. The molecule has 0 bridgehead atoms. The Labute approximate surface area is 659 Å². The second kappa shape index (κ2) is 24.8. The number of nitrogens with zero attached hydrogens (tertiary/aromatic N) is 4. The highest BCUT2D eigenvalue weighted by molar-refractivity contribution is 7.00. The Bertz CT molecular complexity index is 6880. The van der Waals surface area contributed by atoms with Crippen LogP contribution in [0.2, 0.25) is 0 Å². The zero-order chi connectivity index (χ0) is 82.8. The van der Waals surface area contributed by atoms with Gasteiger partial charge in [0.1, 0.15) is 0 Å². The summed E-state index contributed by atoms with van der Waals surface area (Å²) in [6.45, 7) is 33.9. The number of furan rings is 1. The fraction of sp³-hybridized carbons (Fsp3) is 0.192. The first-order valence-electron chi connectivity index (χ1n) is 42.7. The molecule has 2 aliphatic heterocycles. The van der Waals surface area contributed by atoms with Gasteiger partial charge in [-0.05, 0) is 213 Å². The SMILES string of the molecule is [2H]c1c([2H])c([2H])c2c(c1[2H])c1c([2H])c([2H])c([2H])c([2H])c1n2-c1cccc2c1oc1c(N3c4cc(-c5cc(C(C)(C)C)cc(C(C)(C)C)c5)ccc4B4c5ccc(-n6c7ccc(C(C)(C)C)cc7c7cc(C(C)(C)C)ccc76)cc5N(c5cc(-c6ccccc6)cc(-c6ccccc6)c5)c5cc(-c6ccc(C(C)(C)C)cc6)cc3c54)cccc12. The number of rotatable bonds is 8. The van der Waals surface area contributed by atoms with Gasteiger partial charge in [0.25, 0.3) is 6.71 Å². The van der Waals surface area contributed by atoms with E-state index < -0.39 is 36.3 Å². The van der Waals surface area contributed by atoms with Crippen molar-refractivity contribution >= 4 is 123 Å². The van der Waals surface area contributed by atoms with Crippen molar-refractivity contribution in [3.8, 4) is 55.9 Å². The van der Waals surface area contributed by atoms with Crippen LogP contribution in [0.1, 0.15) is 143 Å². The molecule has 6 heteroatoms. The van der Waals surface area contributed by atoms with Gasteiger partial charge in [0.15, 0.2) is 11.2 Å². The Morgan fingerprint density at radius 1 is 0.264 bits per heavy atom. The second-order valence-electron chi connectivity index (χ2n) is 35.7. The average molecular weight is 1430 g/mol. The molecular formula is C104H93BN4O. The summed E-state index contributed by atoms with van der Waals surface area (Å²) in [6, 6.07) is 86.4. The Morgan fingerprint density at radius 3 is 1.24 bits per heavy atom. The van der Waals surface area contributed by atoms with E-state index >= 15 is 0 Å². The smallest absolute Gasteiger partial charge is 0.252 e. The van der Waals surface area contributed by atoms with Gasteiger partial charge in [-0.3, -0.25) is 0 Å². The zero-order valence-corrected chi connectivity index (χ0v) is 65.4. The van der Waals surface area contributed by atoms with Crippen LogP contribution in [-0.4, -0.2) is 15.8 Å². The van der Waals surface area contributed by atoms with Crippen molar-refractivity contribution in [2.75, 3.05) is 9.80 Å². The highest BCUT2D eigenvalue weighted by atomic mass is 16.3. The van der Waals surface area contributed by atoms with Crippen LogP contribution in [0.25, 0.3) is 121 Å². The second-order valence-corrected chi connectivity index (χ2v) is 35.7. The standard InChI is InChI=1S/C104H93BN4O/c1-100(2,3)72-43-40-66(41-44-72)71-58-95-97-96(59-71)109(92-39-27-35-82-81-34-26-38-91(98(81)110-99(82)92)108-87-36-24-22-32-79(87)80-33-23-25-37-88(80)108)93-57-67(70-53-75(103(10,11)12)60-76(54-70)104(13,14)15)42-48-85(93)105(97)86-49-47-77(106-89-50-45-73(101(4,5)6)61-83(89)84-62-74(102(7,8)9)46-51-90(84)106)63-94(86)107(95)78-55-68(64-28-18-16-19-29-64)52-69(56-78)65-30-20-17-21-31-65/h16-63H,1-15H3/i22D,23D,24D,25D,32D,33D,36D,37D. The van der Waals surface area contributed by atoms with Crippen LogP contribution in [-0.2, 0) is 27.1 Å². The van der Waals surface area contributed by atoms with Gasteiger partial charge in [-0.2, -0.15) is 0 Å². The lowest BCUT2D eigenvalue weighted by Gasteiger charge is -2.45. The van der Waals surface area contributed by atoms with Crippen molar-refractivity contribution in [3.63, 3.8) is 0 Å². The molecule has 110 heavy (non-hydrogen) atoms. The topological polar surface area (TPSA) is 29.5 Å². The quantitative estimate of drug-likeness (QED) is 0.142. The molecule has 0 atom stereocenters. The predicted molar refractivity (Wildman–Crippen MR) is 472 cm³/mol. The van der Waals surface area contributed by atoms with Crippen molar-refractivity contribution < 1.29 is 15.4 Å². The molecule has 538 valence electrons. The Kier molecular flexibility index (Phi) is 13.6. The van der Waals surface area contributed by atoms with Gasteiger partial charge in [-0.25, -0.2) is 0 Å². The Balaban J connectivity index is 0.957. The summed E-state index contributed by atoms with van der Waals surface area (Å²) in [7, 11) is 0. The van der Waals surface area contributed by atoms with E-state index in [9.17, 15) is 5.48 Å². The lowest BCUT2D eigenvalue weighted by atomic mass is 9.33. The van der Waals surface area contributed by atoms with Crippen LogP contribution in [0.15, 0.2) is 295 Å². The van der Waals surface area contributed by atoms with E-state index in [-0.39, 0.29) is 67.7 Å². The third kappa shape index (κ3) is 11.3.